The normalized spacial score (nSPS) is 16.7. The van der Waals surface area contributed by atoms with Crippen LogP contribution >= 0.6 is 11.3 Å². The Morgan fingerprint density at radius 1 is 1.31 bits per heavy atom. The third-order valence-corrected chi connectivity index (χ3v) is 5.45. The molecule has 0 radical (unpaired) electrons. The van der Waals surface area contributed by atoms with Crippen molar-refractivity contribution in [3.05, 3.63) is 69.9 Å². The monoisotopic (exact) mass is 371 g/mol. The molecule has 1 fully saturated rings. The van der Waals surface area contributed by atoms with E-state index in [9.17, 15) is 9.18 Å². The van der Waals surface area contributed by atoms with E-state index >= 15 is 0 Å². The number of thiophene rings is 1. The van der Waals surface area contributed by atoms with Crippen LogP contribution in [0.15, 0.2) is 48.8 Å². The van der Waals surface area contributed by atoms with Crippen LogP contribution in [0.2, 0.25) is 0 Å². The Morgan fingerprint density at radius 2 is 2.15 bits per heavy atom. The first-order chi connectivity index (χ1) is 12.7. The zero-order chi connectivity index (χ0) is 17.9. The van der Waals surface area contributed by atoms with Crippen molar-refractivity contribution in [2.24, 2.45) is 0 Å². The maximum atomic E-state index is 13.0. The highest BCUT2D eigenvalue weighted by molar-refractivity contribution is 7.14. The summed E-state index contributed by atoms with van der Waals surface area (Å²) < 4.78 is 20.3. The highest BCUT2D eigenvalue weighted by Crippen LogP contribution is 2.33. The van der Waals surface area contributed by atoms with Crippen LogP contribution in [0.5, 0.6) is 0 Å². The van der Waals surface area contributed by atoms with Gasteiger partial charge < -0.3 is 10.1 Å². The van der Waals surface area contributed by atoms with E-state index in [1.807, 2.05) is 18.3 Å². The van der Waals surface area contributed by atoms with Crippen LogP contribution in [0.4, 0.5) is 4.39 Å². The lowest BCUT2D eigenvalue weighted by Crippen LogP contribution is -2.21. The molecule has 2 aromatic heterocycles. The average molecular weight is 371 g/mol. The van der Waals surface area contributed by atoms with Crippen molar-refractivity contribution >= 4 is 17.2 Å². The molecule has 3 aromatic rings. The van der Waals surface area contributed by atoms with Crippen molar-refractivity contribution in [1.29, 1.82) is 0 Å². The molecule has 0 saturated carbocycles. The Kier molecular flexibility index (Phi) is 4.81. The number of amides is 1. The smallest absolute Gasteiger partial charge is 0.261 e. The molecule has 7 heteroatoms. The first-order valence-electron chi connectivity index (χ1n) is 8.48. The SMILES string of the molecule is O=C(NCc1cnn(-c2ccc(F)cc2)c1)c1ccc(C2CCCO2)s1. The quantitative estimate of drug-likeness (QED) is 0.741. The predicted octanol–water partition coefficient (Wildman–Crippen LogP) is 3.85. The summed E-state index contributed by atoms with van der Waals surface area (Å²) in [6.45, 7) is 1.18. The van der Waals surface area contributed by atoms with Crippen LogP contribution in [-0.2, 0) is 11.3 Å². The van der Waals surface area contributed by atoms with Crippen molar-refractivity contribution < 1.29 is 13.9 Å². The Morgan fingerprint density at radius 3 is 2.92 bits per heavy atom. The van der Waals surface area contributed by atoms with Gasteiger partial charge in [0.05, 0.1) is 22.9 Å². The number of nitrogens with one attached hydrogen (secondary N) is 1. The highest BCUT2D eigenvalue weighted by Gasteiger charge is 2.20. The number of benzene rings is 1. The largest absolute Gasteiger partial charge is 0.373 e. The van der Waals surface area contributed by atoms with E-state index in [-0.39, 0.29) is 17.8 Å². The van der Waals surface area contributed by atoms with Gasteiger partial charge in [-0.2, -0.15) is 5.10 Å². The minimum absolute atomic E-state index is 0.103. The second-order valence-corrected chi connectivity index (χ2v) is 7.27. The summed E-state index contributed by atoms with van der Waals surface area (Å²) in [5, 5.41) is 7.16. The van der Waals surface area contributed by atoms with Crippen LogP contribution in [-0.4, -0.2) is 22.3 Å². The molecule has 4 rings (SSSR count). The second-order valence-electron chi connectivity index (χ2n) is 6.16. The Hall–Kier alpha value is -2.51. The van der Waals surface area contributed by atoms with Gasteiger partial charge in [0.15, 0.2) is 0 Å². The van der Waals surface area contributed by atoms with E-state index in [0.717, 1.165) is 35.6 Å². The number of rotatable bonds is 5. The molecule has 0 spiro atoms. The summed E-state index contributed by atoms with van der Waals surface area (Å²) in [5.74, 6) is -0.388. The third kappa shape index (κ3) is 3.68. The first-order valence-corrected chi connectivity index (χ1v) is 9.30. The van der Waals surface area contributed by atoms with Gasteiger partial charge in [0, 0.05) is 29.8 Å². The molecule has 1 amide bonds. The fourth-order valence-electron chi connectivity index (χ4n) is 2.91. The van der Waals surface area contributed by atoms with Crippen molar-refractivity contribution in [1.82, 2.24) is 15.1 Å². The second kappa shape index (κ2) is 7.39. The maximum Gasteiger partial charge on any atom is 0.261 e. The molecular formula is C19H18FN3O2S. The van der Waals surface area contributed by atoms with Gasteiger partial charge >= 0.3 is 0 Å². The highest BCUT2D eigenvalue weighted by atomic mass is 32.1. The summed E-state index contributed by atoms with van der Waals surface area (Å²) in [6, 6.07) is 9.91. The van der Waals surface area contributed by atoms with Crippen LogP contribution in [0, 0.1) is 5.82 Å². The number of ether oxygens (including phenoxy) is 1. The summed E-state index contributed by atoms with van der Waals surface area (Å²) in [6.07, 6.45) is 5.73. The summed E-state index contributed by atoms with van der Waals surface area (Å²) in [4.78, 5) is 14.1. The zero-order valence-corrected chi connectivity index (χ0v) is 14.8. The van der Waals surface area contributed by atoms with Crippen molar-refractivity contribution in [2.75, 3.05) is 6.61 Å². The van der Waals surface area contributed by atoms with Crippen molar-refractivity contribution in [2.45, 2.75) is 25.5 Å². The van der Waals surface area contributed by atoms with Gasteiger partial charge in [0.1, 0.15) is 5.82 Å². The Balaban J connectivity index is 1.36. The van der Waals surface area contributed by atoms with E-state index in [2.05, 4.69) is 10.4 Å². The minimum atomic E-state index is -0.285. The van der Waals surface area contributed by atoms with Crippen molar-refractivity contribution in [3.63, 3.8) is 0 Å². The van der Waals surface area contributed by atoms with Gasteiger partial charge in [-0.25, -0.2) is 9.07 Å². The Labute approximate surface area is 154 Å². The Bertz CT molecular complexity index is 898. The zero-order valence-electron chi connectivity index (χ0n) is 14.0. The number of hydrogen-bond donors (Lipinski definition) is 1. The van der Waals surface area contributed by atoms with Gasteiger partial charge in [0.25, 0.3) is 5.91 Å². The van der Waals surface area contributed by atoms with E-state index in [1.165, 1.54) is 23.5 Å². The van der Waals surface area contributed by atoms with E-state index in [0.29, 0.717) is 11.4 Å². The number of hydrogen-bond acceptors (Lipinski definition) is 4. The molecule has 134 valence electrons. The third-order valence-electron chi connectivity index (χ3n) is 4.28. The number of carbonyl (C=O) groups is 1. The molecule has 0 bridgehead atoms. The number of aromatic nitrogens is 2. The maximum absolute atomic E-state index is 13.0. The van der Waals surface area contributed by atoms with E-state index in [4.69, 9.17) is 4.74 Å². The van der Waals surface area contributed by atoms with Gasteiger partial charge in [-0.3, -0.25) is 4.79 Å². The number of halogens is 1. The fraction of sp³-hybridized carbons (Fsp3) is 0.263. The molecule has 1 unspecified atom stereocenters. The number of carbonyl (C=O) groups excluding carboxylic acids is 1. The molecule has 3 heterocycles. The van der Waals surface area contributed by atoms with Gasteiger partial charge in [-0.15, -0.1) is 11.3 Å². The lowest BCUT2D eigenvalue weighted by molar-refractivity contribution is 0.0955. The molecule has 1 saturated heterocycles. The molecule has 26 heavy (non-hydrogen) atoms. The number of nitrogens with zero attached hydrogens (tertiary/aromatic N) is 2. The van der Waals surface area contributed by atoms with Gasteiger partial charge in [0.2, 0.25) is 0 Å². The van der Waals surface area contributed by atoms with Gasteiger partial charge in [-0.1, -0.05) is 0 Å². The molecule has 1 N–H and O–H groups in total. The average Bonchev–Trinajstić information content (AvgIpc) is 3.41. The summed E-state index contributed by atoms with van der Waals surface area (Å²) in [7, 11) is 0. The van der Waals surface area contributed by atoms with Gasteiger partial charge in [-0.05, 0) is 49.2 Å². The topological polar surface area (TPSA) is 56.2 Å². The molecule has 5 nitrogen and oxygen atoms in total. The van der Waals surface area contributed by atoms with Crippen LogP contribution in [0.3, 0.4) is 0 Å². The minimum Gasteiger partial charge on any atom is -0.373 e. The van der Waals surface area contributed by atoms with Crippen LogP contribution in [0.1, 0.15) is 39.1 Å². The summed E-state index contributed by atoms with van der Waals surface area (Å²) >= 11 is 1.48. The van der Waals surface area contributed by atoms with Crippen molar-refractivity contribution in [3.8, 4) is 5.69 Å². The standard InChI is InChI=1S/C19H18FN3O2S/c20-14-3-5-15(6-4-14)23-12-13(11-22-23)10-21-19(24)18-8-7-17(26-18)16-2-1-9-25-16/h3-8,11-12,16H,1-2,9-10H2,(H,21,24). The predicted molar refractivity (Wildman–Crippen MR) is 96.9 cm³/mol. The first kappa shape index (κ1) is 16.9. The summed E-state index contributed by atoms with van der Waals surface area (Å²) in [5.41, 5.74) is 1.64. The lowest BCUT2D eigenvalue weighted by atomic mass is 10.2. The lowest BCUT2D eigenvalue weighted by Gasteiger charge is -2.05. The van der Waals surface area contributed by atoms with E-state index in [1.54, 1.807) is 23.0 Å². The molecule has 1 aliphatic rings. The van der Waals surface area contributed by atoms with Crippen LogP contribution < -0.4 is 5.32 Å². The van der Waals surface area contributed by atoms with Crippen LogP contribution in [0.25, 0.3) is 5.69 Å². The fourth-order valence-corrected chi connectivity index (χ4v) is 3.91. The van der Waals surface area contributed by atoms with E-state index < -0.39 is 0 Å². The molecule has 1 atom stereocenters. The molecule has 1 aromatic carbocycles. The molecular weight excluding hydrogens is 353 g/mol. The molecule has 0 aliphatic carbocycles. The molecule has 1 aliphatic heterocycles.